The van der Waals surface area contributed by atoms with E-state index in [-0.39, 0.29) is 0 Å². The third kappa shape index (κ3) is 3.21. The maximum absolute atomic E-state index is 5.73. The molecule has 94 valence electrons. The highest BCUT2D eigenvalue weighted by Gasteiger charge is 2.30. The van der Waals surface area contributed by atoms with Crippen LogP contribution in [0.4, 0.5) is 0 Å². The smallest absolute Gasteiger partial charge is 0.0702 e. The van der Waals surface area contributed by atoms with Crippen molar-refractivity contribution >= 4 is 0 Å². The summed E-state index contributed by atoms with van der Waals surface area (Å²) in [5.74, 6) is 0.864. The summed E-state index contributed by atoms with van der Waals surface area (Å²) < 4.78 is 5.73. The van der Waals surface area contributed by atoms with Crippen molar-refractivity contribution in [2.75, 3.05) is 26.2 Å². The average Bonchev–Trinajstić information content (AvgIpc) is 2.70. The lowest BCUT2D eigenvalue weighted by Crippen LogP contribution is -2.43. The predicted octanol–water partition coefficient (Wildman–Crippen LogP) is 2.92. The van der Waals surface area contributed by atoms with Crippen molar-refractivity contribution in [3.8, 4) is 0 Å². The van der Waals surface area contributed by atoms with Gasteiger partial charge in [0.2, 0.25) is 0 Å². The number of nitrogens with zero attached hydrogens (tertiary/aromatic N) is 1. The zero-order valence-corrected chi connectivity index (χ0v) is 11.2. The zero-order valence-electron chi connectivity index (χ0n) is 11.2. The number of ether oxygens (including phenoxy) is 1. The van der Waals surface area contributed by atoms with Gasteiger partial charge in [0.25, 0.3) is 0 Å². The third-order valence-electron chi connectivity index (χ3n) is 4.22. The van der Waals surface area contributed by atoms with Crippen molar-refractivity contribution in [2.45, 2.75) is 52.6 Å². The van der Waals surface area contributed by atoms with E-state index in [1.165, 1.54) is 45.3 Å². The van der Waals surface area contributed by atoms with Gasteiger partial charge in [-0.25, -0.2) is 0 Å². The SMILES string of the molecule is CC(C)(C)C1CCCN(CC2CCCO2)C1. The lowest BCUT2D eigenvalue weighted by molar-refractivity contribution is 0.0380. The van der Waals surface area contributed by atoms with Crippen LogP contribution in [0.3, 0.4) is 0 Å². The fraction of sp³-hybridized carbons (Fsp3) is 1.00. The van der Waals surface area contributed by atoms with Crippen LogP contribution >= 0.6 is 0 Å². The Bertz CT molecular complexity index is 215. The van der Waals surface area contributed by atoms with Gasteiger partial charge in [0.15, 0.2) is 0 Å². The number of piperidine rings is 1. The highest BCUT2D eigenvalue weighted by molar-refractivity contribution is 4.83. The van der Waals surface area contributed by atoms with Crippen LogP contribution in [0.2, 0.25) is 0 Å². The molecule has 2 saturated heterocycles. The largest absolute Gasteiger partial charge is 0.377 e. The van der Waals surface area contributed by atoms with Gasteiger partial charge in [0.1, 0.15) is 0 Å². The monoisotopic (exact) mass is 225 g/mol. The zero-order chi connectivity index (χ0) is 11.6. The van der Waals surface area contributed by atoms with E-state index in [9.17, 15) is 0 Å². The Labute approximate surface area is 100 Å². The van der Waals surface area contributed by atoms with Gasteiger partial charge in [-0.2, -0.15) is 0 Å². The average molecular weight is 225 g/mol. The van der Waals surface area contributed by atoms with Gasteiger partial charge in [-0.3, -0.25) is 0 Å². The Kier molecular flexibility index (Phi) is 3.91. The first kappa shape index (κ1) is 12.4. The molecule has 0 aromatic heterocycles. The second-order valence-corrected chi connectivity index (χ2v) is 6.60. The molecule has 2 aliphatic rings. The molecule has 2 atom stereocenters. The minimum atomic E-state index is 0.467. The van der Waals surface area contributed by atoms with E-state index in [1.807, 2.05) is 0 Å². The van der Waals surface area contributed by atoms with E-state index < -0.39 is 0 Å². The summed E-state index contributed by atoms with van der Waals surface area (Å²) in [6.45, 7) is 11.9. The van der Waals surface area contributed by atoms with E-state index in [0.717, 1.165) is 12.5 Å². The summed E-state index contributed by atoms with van der Waals surface area (Å²) in [7, 11) is 0. The summed E-state index contributed by atoms with van der Waals surface area (Å²) in [5.41, 5.74) is 0.467. The second kappa shape index (κ2) is 5.05. The summed E-state index contributed by atoms with van der Waals surface area (Å²) in [4.78, 5) is 2.63. The van der Waals surface area contributed by atoms with Gasteiger partial charge in [-0.1, -0.05) is 20.8 Å². The Morgan fingerprint density at radius 3 is 2.62 bits per heavy atom. The Balaban J connectivity index is 1.81. The number of hydrogen-bond donors (Lipinski definition) is 0. The first-order chi connectivity index (χ1) is 7.55. The molecule has 0 spiro atoms. The number of likely N-dealkylation sites (tertiary alicyclic amines) is 1. The molecule has 0 bridgehead atoms. The standard InChI is InChI=1S/C14H27NO/c1-14(2,3)12-6-4-8-15(10-12)11-13-7-5-9-16-13/h12-13H,4-11H2,1-3H3. The molecule has 0 saturated carbocycles. The molecule has 0 aliphatic carbocycles. The molecule has 0 aromatic rings. The van der Waals surface area contributed by atoms with Crippen LogP contribution in [0.15, 0.2) is 0 Å². The first-order valence-electron chi connectivity index (χ1n) is 6.89. The second-order valence-electron chi connectivity index (χ2n) is 6.60. The molecule has 2 unspecified atom stereocenters. The lowest BCUT2D eigenvalue weighted by Gasteiger charge is -2.40. The molecule has 2 rings (SSSR count). The fourth-order valence-electron chi connectivity index (χ4n) is 3.00. The van der Waals surface area contributed by atoms with E-state index in [4.69, 9.17) is 4.74 Å². The Morgan fingerprint density at radius 2 is 2.00 bits per heavy atom. The molecule has 0 amide bonds. The van der Waals surface area contributed by atoms with Crippen LogP contribution in [0.1, 0.15) is 46.5 Å². The number of rotatable bonds is 2. The summed E-state index contributed by atoms with van der Waals surface area (Å²) in [6, 6.07) is 0. The predicted molar refractivity (Wildman–Crippen MR) is 67.6 cm³/mol. The Hall–Kier alpha value is -0.0800. The molecule has 2 heteroatoms. The molecule has 16 heavy (non-hydrogen) atoms. The maximum atomic E-state index is 5.73. The molecule has 0 N–H and O–H groups in total. The van der Waals surface area contributed by atoms with E-state index in [2.05, 4.69) is 25.7 Å². The van der Waals surface area contributed by atoms with E-state index in [1.54, 1.807) is 0 Å². The highest BCUT2D eigenvalue weighted by Crippen LogP contribution is 2.33. The normalized spacial score (nSPS) is 33.2. The highest BCUT2D eigenvalue weighted by atomic mass is 16.5. The van der Waals surface area contributed by atoms with E-state index >= 15 is 0 Å². The van der Waals surface area contributed by atoms with Crippen LogP contribution in [0.25, 0.3) is 0 Å². The van der Waals surface area contributed by atoms with Crippen molar-refractivity contribution in [3.05, 3.63) is 0 Å². The summed E-state index contributed by atoms with van der Waals surface area (Å²) in [5, 5.41) is 0. The molecule has 0 radical (unpaired) electrons. The minimum absolute atomic E-state index is 0.467. The van der Waals surface area contributed by atoms with Crippen molar-refractivity contribution < 1.29 is 4.74 Å². The molecular formula is C14H27NO. The van der Waals surface area contributed by atoms with Crippen molar-refractivity contribution in [3.63, 3.8) is 0 Å². The molecule has 0 aromatic carbocycles. The van der Waals surface area contributed by atoms with Crippen LogP contribution in [-0.2, 0) is 4.74 Å². The molecule has 2 aliphatic heterocycles. The Morgan fingerprint density at radius 1 is 1.19 bits per heavy atom. The molecule has 2 nitrogen and oxygen atoms in total. The van der Waals surface area contributed by atoms with E-state index in [0.29, 0.717) is 11.5 Å². The molecule has 2 fully saturated rings. The van der Waals surface area contributed by atoms with Crippen LogP contribution in [0.5, 0.6) is 0 Å². The van der Waals surface area contributed by atoms with Gasteiger partial charge < -0.3 is 9.64 Å². The van der Waals surface area contributed by atoms with Gasteiger partial charge in [0, 0.05) is 19.7 Å². The van der Waals surface area contributed by atoms with Crippen molar-refractivity contribution in [1.82, 2.24) is 4.90 Å². The van der Waals surface area contributed by atoms with Crippen LogP contribution in [0, 0.1) is 11.3 Å². The third-order valence-corrected chi connectivity index (χ3v) is 4.22. The quantitative estimate of drug-likeness (QED) is 0.716. The summed E-state index contributed by atoms with van der Waals surface area (Å²) in [6.07, 6.45) is 5.84. The lowest BCUT2D eigenvalue weighted by atomic mass is 9.76. The minimum Gasteiger partial charge on any atom is -0.377 e. The van der Waals surface area contributed by atoms with Crippen LogP contribution in [-0.4, -0.2) is 37.2 Å². The first-order valence-corrected chi connectivity index (χ1v) is 6.89. The van der Waals surface area contributed by atoms with Crippen LogP contribution < -0.4 is 0 Å². The maximum Gasteiger partial charge on any atom is 0.0702 e. The van der Waals surface area contributed by atoms with Gasteiger partial charge >= 0.3 is 0 Å². The van der Waals surface area contributed by atoms with Gasteiger partial charge in [0.05, 0.1) is 6.10 Å². The van der Waals surface area contributed by atoms with Gasteiger partial charge in [-0.15, -0.1) is 0 Å². The van der Waals surface area contributed by atoms with Gasteiger partial charge in [-0.05, 0) is 43.6 Å². The molecular weight excluding hydrogens is 198 g/mol. The topological polar surface area (TPSA) is 12.5 Å². The van der Waals surface area contributed by atoms with Crippen molar-refractivity contribution in [2.24, 2.45) is 11.3 Å². The fourth-order valence-corrected chi connectivity index (χ4v) is 3.00. The van der Waals surface area contributed by atoms with Crippen molar-refractivity contribution in [1.29, 1.82) is 0 Å². The summed E-state index contributed by atoms with van der Waals surface area (Å²) >= 11 is 0. The number of hydrogen-bond acceptors (Lipinski definition) is 2. The molecule has 2 heterocycles.